The third kappa shape index (κ3) is 4.47. The number of nitrogens with zero attached hydrogens (tertiary/aromatic N) is 2. The number of hydroxylamine groups is 1. The number of nitrogens with one attached hydrogen (secondary N) is 2. The minimum atomic E-state index is -1.14. The summed E-state index contributed by atoms with van der Waals surface area (Å²) in [6.07, 6.45) is 0.911. The Labute approximate surface area is 200 Å². The second-order valence-electron chi connectivity index (χ2n) is 8.63. The van der Waals surface area contributed by atoms with Crippen LogP contribution in [0.3, 0.4) is 0 Å². The molecule has 2 aliphatic carbocycles. The van der Waals surface area contributed by atoms with Gasteiger partial charge in [0, 0.05) is 13.0 Å². The van der Waals surface area contributed by atoms with Crippen LogP contribution in [0.25, 0.3) is 11.1 Å². The van der Waals surface area contributed by atoms with Gasteiger partial charge in [-0.25, -0.2) is 15.1 Å². The molecule has 1 aromatic heterocycles. The number of carboxylic acid groups (broad SMARTS) is 1. The average molecular weight is 476 g/mol. The number of fused-ring (bicyclic) bond motifs is 3. The summed E-state index contributed by atoms with van der Waals surface area (Å²) in [7, 11) is 1.52. The molecule has 0 aliphatic heterocycles. The van der Waals surface area contributed by atoms with Crippen LogP contribution in [0.5, 0.6) is 0 Å². The quantitative estimate of drug-likeness (QED) is 0.425. The molecule has 3 N–H and O–H groups in total. The van der Waals surface area contributed by atoms with Crippen molar-refractivity contribution in [2.45, 2.75) is 24.9 Å². The lowest BCUT2D eigenvalue weighted by atomic mass is 9.98. The molecule has 0 spiro atoms. The van der Waals surface area contributed by atoms with E-state index >= 15 is 0 Å². The largest absolute Gasteiger partial charge is 0.479 e. The summed E-state index contributed by atoms with van der Waals surface area (Å²) >= 11 is 0. The Morgan fingerprint density at radius 3 is 2.31 bits per heavy atom. The van der Waals surface area contributed by atoms with E-state index in [2.05, 4.69) is 28.0 Å². The molecule has 1 fully saturated rings. The molecule has 10 heteroatoms. The van der Waals surface area contributed by atoms with Gasteiger partial charge in [-0.15, -0.1) is 0 Å². The van der Waals surface area contributed by atoms with Crippen molar-refractivity contribution in [1.82, 2.24) is 15.3 Å². The van der Waals surface area contributed by atoms with Gasteiger partial charge < -0.3 is 9.84 Å². The third-order valence-electron chi connectivity index (χ3n) is 6.31. The van der Waals surface area contributed by atoms with Gasteiger partial charge >= 0.3 is 12.1 Å². The van der Waals surface area contributed by atoms with Crippen LogP contribution in [-0.4, -0.2) is 45.6 Å². The number of aliphatic carboxylic acids is 1. The number of aromatic nitrogens is 2. The Morgan fingerprint density at radius 2 is 1.71 bits per heavy atom. The van der Waals surface area contributed by atoms with E-state index in [0.717, 1.165) is 35.1 Å². The summed E-state index contributed by atoms with van der Waals surface area (Å²) in [4.78, 5) is 41.7. The van der Waals surface area contributed by atoms with Crippen LogP contribution in [0.4, 0.5) is 10.5 Å². The van der Waals surface area contributed by atoms with Crippen LogP contribution >= 0.6 is 0 Å². The molecule has 1 atom stereocenters. The Morgan fingerprint density at radius 1 is 1.09 bits per heavy atom. The minimum absolute atomic E-state index is 0.00144. The number of carbonyl (C=O) groups excluding carboxylic acids is 2. The molecule has 1 saturated carbocycles. The van der Waals surface area contributed by atoms with Gasteiger partial charge in [-0.05, 0) is 41.0 Å². The van der Waals surface area contributed by atoms with Gasteiger partial charge in [0.25, 0.3) is 5.91 Å². The first-order valence-corrected chi connectivity index (χ1v) is 11.3. The second kappa shape index (κ2) is 9.22. The first-order chi connectivity index (χ1) is 16.9. The molecule has 1 unspecified atom stereocenters. The predicted octanol–water partition coefficient (Wildman–Crippen LogP) is 3.31. The van der Waals surface area contributed by atoms with Crippen molar-refractivity contribution in [2.24, 2.45) is 13.0 Å². The van der Waals surface area contributed by atoms with Gasteiger partial charge in [0.2, 0.25) is 0 Å². The molecular formula is C25H24N4O6. The highest BCUT2D eigenvalue weighted by molar-refractivity contribution is 6.00. The van der Waals surface area contributed by atoms with Gasteiger partial charge in [0.1, 0.15) is 6.61 Å². The molecule has 180 valence electrons. The molecule has 2 amide bonds. The van der Waals surface area contributed by atoms with Crippen molar-refractivity contribution in [1.29, 1.82) is 0 Å². The Hall–Kier alpha value is -4.18. The number of carbonyl (C=O) groups is 3. The van der Waals surface area contributed by atoms with Crippen LogP contribution in [-0.2, 0) is 21.4 Å². The van der Waals surface area contributed by atoms with Crippen LogP contribution in [0.1, 0.15) is 40.4 Å². The Kier molecular flexibility index (Phi) is 5.96. The fourth-order valence-electron chi connectivity index (χ4n) is 4.46. The van der Waals surface area contributed by atoms with E-state index in [0.29, 0.717) is 0 Å². The zero-order valence-corrected chi connectivity index (χ0v) is 18.9. The highest BCUT2D eigenvalue weighted by atomic mass is 16.7. The molecule has 10 nitrogen and oxygen atoms in total. The van der Waals surface area contributed by atoms with E-state index in [1.54, 1.807) is 0 Å². The average Bonchev–Trinajstić information content (AvgIpc) is 3.54. The first kappa shape index (κ1) is 22.6. The zero-order valence-electron chi connectivity index (χ0n) is 18.9. The smallest absolute Gasteiger partial charge is 0.411 e. The van der Waals surface area contributed by atoms with Crippen LogP contribution in [0, 0.1) is 5.92 Å². The molecule has 1 heterocycles. The van der Waals surface area contributed by atoms with Crippen LogP contribution < -0.4 is 10.8 Å². The molecule has 35 heavy (non-hydrogen) atoms. The first-order valence-electron chi connectivity index (χ1n) is 11.3. The van der Waals surface area contributed by atoms with E-state index in [1.165, 1.54) is 17.9 Å². The van der Waals surface area contributed by atoms with Crippen LogP contribution in [0.2, 0.25) is 0 Å². The van der Waals surface area contributed by atoms with E-state index in [1.807, 2.05) is 36.4 Å². The highest BCUT2D eigenvalue weighted by Gasteiger charge is 2.38. The van der Waals surface area contributed by atoms with Crippen LogP contribution in [0.15, 0.2) is 54.7 Å². The molecule has 0 radical (unpaired) electrons. The molecule has 0 saturated heterocycles. The molecular weight excluding hydrogens is 452 g/mol. The topological polar surface area (TPSA) is 132 Å². The lowest BCUT2D eigenvalue weighted by Crippen LogP contribution is -2.36. The van der Waals surface area contributed by atoms with Crippen molar-refractivity contribution in [2.75, 3.05) is 11.9 Å². The summed E-state index contributed by atoms with van der Waals surface area (Å²) in [5.74, 6) is -2.10. The molecule has 0 bridgehead atoms. The number of benzene rings is 2. The summed E-state index contributed by atoms with van der Waals surface area (Å²) < 4.78 is 6.78. The Bertz CT molecular complexity index is 1250. The lowest BCUT2D eigenvalue weighted by Gasteiger charge is -2.15. The van der Waals surface area contributed by atoms with Crippen molar-refractivity contribution < 1.29 is 29.1 Å². The summed E-state index contributed by atoms with van der Waals surface area (Å²) in [6, 6.07) is 16.0. The van der Waals surface area contributed by atoms with E-state index < -0.39 is 24.1 Å². The zero-order chi connectivity index (χ0) is 24.5. The summed E-state index contributed by atoms with van der Waals surface area (Å²) in [5.41, 5.74) is 6.69. The van der Waals surface area contributed by atoms with Gasteiger partial charge in [0.15, 0.2) is 11.8 Å². The van der Waals surface area contributed by atoms with E-state index in [9.17, 15) is 19.5 Å². The van der Waals surface area contributed by atoms with Crippen molar-refractivity contribution in [3.8, 4) is 11.1 Å². The number of aryl methyl sites for hydroxylation is 1. The lowest BCUT2D eigenvalue weighted by molar-refractivity contribution is -0.155. The Balaban J connectivity index is 1.24. The molecule has 5 rings (SSSR count). The van der Waals surface area contributed by atoms with Gasteiger partial charge in [-0.1, -0.05) is 48.5 Å². The number of anilines is 1. The summed E-state index contributed by atoms with van der Waals surface area (Å²) in [6.45, 7) is 0.118. The minimum Gasteiger partial charge on any atom is -0.479 e. The number of amides is 2. The standard InChI is InChI=1S/C25H24N4O6/c1-29-21(23(30)28-35-22(24(31)32)14-10-11-14)20(12-26-29)27-25(33)34-13-19-17-8-4-2-6-15(17)16-7-3-5-9-18(16)19/h2-9,12,14,19,22H,10-11,13H2,1H3,(H,27,33)(H,28,30)(H,31,32). The number of carboxylic acids is 1. The number of hydrogen-bond donors (Lipinski definition) is 3. The fourth-order valence-corrected chi connectivity index (χ4v) is 4.46. The predicted molar refractivity (Wildman–Crippen MR) is 125 cm³/mol. The molecule has 2 aromatic carbocycles. The van der Waals surface area contributed by atoms with Crippen molar-refractivity contribution in [3.05, 3.63) is 71.5 Å². The van der Waals surface area contributed by atoms with Gasteiger partial charge in [0.05, 0.1) is 11.9 Å². The number of ether oxygens (including phenoxy) is 1. The van der Waals surface area contributed by atoms with Gasteiger partial charge in [-0.2, -0.15) is 5.10 Å². The van der Waals surface area contributed by atoms with Crippen molar-refractivity contribution in [3.63, 3.8) is 0 Å². The normalized spacial score (nSPS) is 15.1. The van der Waals surface area contributed by atoms with Gasteiger partial charge in [-0.3, -0.25) is 19.6 Å². The van der Waals surface area contributed by atoms with Crippen molar-refractivity contribution >= 4 is 23.7 Å². The fraction of sp³-hybridized carbons (Fsp3) is 0.280. The van der Waals surface area contributed by atoms with E-state index in [-0.39, 0.29) is 29.8 Å². The highest BCUT2D eigenvalue weighted by Crippen LogP contribution is 2.44. The molecule has 3 aromatic rings. The van der Waals surface area contributed by atoms with E-state index in [4.69, 9.17) is 9.57 Å². The molecule has 2 aliphatic rings. The number of hydrogen-bond acceptors (Lipinski definition) is 6. The monoisotopic (exact) mass is 476 g/mol. The SMILES string of the molecule is Cn1ncc(NC(=O)OCC2c3ccccc3-c3ccccc32)c1C(=O)NOC(C(=O)O)C1CC1. The third-order valence-corrected chi connectivity index (χ3v) is 6.31. The number of rotatable bonds is 8. The maximum Gasteiger partial charge on any atom is 0.411 e. The maximum atomic E-state index is 12.7. The maximum absolute atomic E-state index is 12.7. The summed E-state index contributed by atoms with van der Waals surface area (Å²) in [5, 5.41) is 15.8. The second-order valence-corrected chi connectivity index (χ2v) is 8.63.